The highest BCUT2D eigenvalue weighted by Crippen LogP contribution is 2.38. The van der Waals surface area contributed by atoms with Gasteiger partial charge in [-0.2, -0.15) is 0 Å². The number of sulfonamides is 1. The minimum atomic E-state index is -3.64. The first-order valence-corrected chi connectivity index (χ1v) is 11.5. The van der Waals surface area contributed by atoms with Crippen molar-refractivity contribution in [3.05, 3.63) is 0 Å². The first-order chi connectivity index (χ1) is 12.5. The van der Waals surface area contributed by atoms with E-state index in [4.69, 9.17) is 0 Å². The zero-order chi connectivity index (χ0) is 20.8. The highest BCUT2D eigenvalue weighted by Gasteiger charge is 2.41. The van der Waals surface area contributed by atoms with Crippen molar-refractivity contribution in [2.24, 2.45) is 29.6 Å². The molecule has 0 radical (unpaired) electrons. The molecule has 3 N–H and O–H groups in total. The molecule has 1 aliphatic carbocycles. The summed E-state index contributed by atoms with van der Waals surface area (Å²) in [5.74, 6) is -2.30. The maximum atomic E-state index is 13.1. The van der Waals surface area contributed by atoms with Gasteiger partial charge in [0.15, 0.2) is 0 Å². The summed E-state index contributed by atoms with van der Waals surface area (Å²) in [6.07, 6.45) is 5.09. The van der Waals surface area contributed by atoms with Crippen LogP contribution in [0.1, 0.15) is 59.8 Å². The molecule has 27 heavy (non-hydrogen) atoms. The molecule has 1 aliphatic rings. The fourth-order valence-electron chi connectivity index (χ4n) is 3.84. The van der Waals surface area contributed by atoms with Gasteiger partial charge in [0.2, 0.25) is 21.8 Å². The van der Waals surface area contributed by atoms with Crippen molar-refractivity contribution in [3.8, 4) is 0 Å². The van der Waals surface area contributed by atoms with E-state index in [0.29, 0.717) is 6.42 Å². The number of carbonyl (C=O) groups excluding carboxylic acids is 2. The first-order valence-electron chi connectivity index (χ1n) is 9.69. The molecule has 0 bridgehead atoms. The Labute approximate surface area is 163 Å². The van der Waals surface area contributed by atoms with E-state index in [-0.39, 0.29) is 24.3 Å². The van der Waals surface area contributed by atoms with Crippen LogP contribution in [0.3, 0.4) is 0 Å². The number of nitrogens with zero attached hydrogens (tertiary/aromatic N) is 1. The van der Waals surface area contributed by atoms with Crippen LogP contribution in [-0.2, 0) is 19.6 Å². The van der Waals surface area contributed by atoms with Crippen LogP contribution in [0.5, 0.6) is 0 Å². The second-order valence-electron chi connectivity index (χ2n) is 8.45. The highest BCUT2D eigenvalue weighted by molar-refractivity contribution is 7.88. The van der Waals surface area contributed by atoms with E-state index in [9.17, 15) is 23.2 Å². The van der Waals surface area contributed by atoms with E-state index in [0.717, 1.165) is 36.4 Å². The van der Waals surface area contributed by atoms with Gasteiger partial charge in [-0.1, -0.05) is 40.5 Å². The van der Waals surface area contributed by atoms with Gasteiger partial charge in [-0.3, -0.25) is 20.2 Å². The van der Waals surface area contributed by atoms with Gasteiger partial charge < -0.3 is 0 Å². The number of nitrogens with one attached hydrogen (secondary N) is 2. The van der Waals surface area contributed by atoms with Gasteiger partial charge in [0.05, 0.1) is 18.1 Å². The van der Waals surface area contributed by atoms with Crippen molar-refractivity contribution in [2.75, 3.05) is 12.8 Å². The average molecular weight is 406 g/mol. The molecule has 2 amide bonds. The molecule has 0 aromatic rings. The lowest BCUT2D eigenvalue weighted by atomic mass is 9.76. The summed E-state index contributed by atoms with van der Waals surface area (Å²) < 4.78 is 25.1. The highest BCUT2D eigenvalue weighted by atomic mass is 32.2. The molecular formula is C18H35N3O5S. The molecule has 0 aromatic carbocycles. The molecule has 0 heterocycles. The van der Waals surface area contributed by atoms with Crippen LogP contribution in [-0.4, -0.2) is 42.7 Å². The first kappa shape index (κ1) is 23.8. The van der Waals surface area contributed by atoms with Crippen LogP contribution in [0.2, 0.25) is 0 Å². The predicted octanol–water partition coefficient (Wildman–Crippen LogP) is 1.91. The van der Waals surface area contributed by atoms with Crippen LogP contribution < -0.4 is 10.9 Å². The van der Waals surface area contributed by atoms with Gasteiger partial charge in [-0.05, 0) is 37.0 Å². The van der Waals surface area contributed by atoms with Crippen molar-refractivity contribution in [1.29, 1.82) is 0 Å². The minimum Gasteiger partial charge on any atom is -0.289 e. The van der Waals surface area contributed by atoms with E-state index < -0.39 is 33.7 Å². The summed E-state index contributed by atoms with van der Waals surface area (Å²) in [4.78, 5) is 25.5. The van der Waals surface area contributed by atoms with E-state index in [2.05, 4.69) is 5.43 Å². The molecule has 0 unspecified atom stereocenters. The Balaban J connectivity index is 3.14. The van der Waals surface area contributed by atoms with Crippen LogP contribution in [0.25, 0.3) is 0 Å². The van der Waals surface area contributed by atoms with Gasteiger partial charge in [0, 0.05) is 6.54 Å². The zero-order valence-electron chi connectivity index (χ0n) is 17.1. The van der Waals surface area contributed by atoms with Gasteiger partial charge in [0.25, 0.3) is 0 Å². The third-order valence-electron chi connectivity index (χ3n) is 4.98. The molecule has 9 heteroatoms. The van der Waals surface area contributed by atoms with Gasteiger partial charge in [-0.25, -0.2) is 13.9 Å². The number of rotatable bonds is 10. The Morgan fingerprint density at radius 2 is 1.63 bits per heavy atom. The van der Waals surface area contributed by atoms with Crippen molar-refractivity contribution >= 4 is 21.8 Å². The third kappa shape index (κ3) is 7.38. The Hall–Kier alpha value is -1.19. The quantitative estimate of drug-likeness (QED) is 0.379. The lowest BCUT2D eigenvalue weighted by molar-refractivity contribution is -0.144. The van der Waals surface area contributed by atoms with E-state index >= 15 is 0 Å². The van der Waals surface area contributed by atoms with Gasteiger partial charge in [-0.15, -0.1) is 4.41 Å². The molecule has 158 valence electrons. The SMILES string of the molecule is CC(C)C[C@@H](C(=O)NN(CC(C)C)S(C)(=O)=O)[C@@H](C(=O)NO)C1CCCC1. The summed E-state index contributed by atoms with van der Waals surface area (Å²) >= 11 is 0. The topological polar surface area (TPSA) is 116 Å². The average Bonchev–Trinajstić information content (AvgIpc) is 3.05. The fraction of sp³-hybridized carbons (Fsp3) is 0.889. The largest absolute Gasteiger partial charge is 0.289 e. The predicted molar refractivity (Wildman–Crippen MR) is 103 cm³/mol. The number of carbonyl (C=O) groups is 2. The van der Waals surface area contributed by atoms with Crippen LogP contribution in [0.4, 0.5) is 0 Å². The van der Waals surface area contributed by atoms with Crippen LogP contribution in [0, 0.1) is 29.6 Å². The fourth-order valence-corrected chi connectivity index (χ4v) is 4.67. The van der Waals surface area contributed by atoms with Crippen molar-refractivity contribution in [2.45, 2.75) is 59.8 Å². The molecule has 1 rings (SSSR count). The maximum absolute atomic E-state index is 13.1. The molecule has 1 saturated carbocycles. The maximum Gasteiger partial charge on any atom is 0.247 e. The number of hydroxylamine groups is 1. The van der Waals surface area contributed by atoms with Crippen molar-refractivity contribution in [1.82, 2.24) is 15.3 Å². The molecule has 0 saturated heterocycles. The number of hydrogen-bond acceptors (Lipinski definition) is 5. The summed E-state index contributed by atoms with van der Waals surface area (Å²) in [6, 6.07) is 0. The Bertz CT molecular complexity index is 600. The van der Waals surface area contributed by atoms with Crippen LogP contribution >= 0.6 is 0 Å². The Morgan fingerprint density at radius 3 is 2.04 bits per heavy atom. The number of hydrogen-bond donors (Lipinski definition) is 3. The summed E-state index contributed by atoms with van der Waals surface area (Å²) in [6.45, 7) is 7.77. The van der Waals surface area contributed by atoms with E-state index in [1.54, 1.807) is 5.48 Å². The molecule has 0 aromatic heterocycles. The Kier molecular flexibility index (Phi) is 9.17. The molecule has 0 spiro atoms. The lowest BCUT2D eigenvalue weighted by Crippen LogP contribution is -2.52. The minimum absolute atomic E-state index is 0.00318. The van der Waals surface area contributed by atoms with E-state index in [1.165, 1.54) is 0 Å². The van der Waals surface area contributed by atoms with E-state index in [1.807, 2.05) is 27.7 Å². The smallest absolute Gasteiger partial charge is 0.247 e. The second-order valence-corrected chi connectivity index (χ2v) is 10.4. The molecule has 8 nitrogen and oxygen atoms in total. The molecule has 0 aliphatic heterocycles. The normalized spacial score (nSPS) is 18.1. The summed E-state index contributed by atoms with van der Waals surface area (Å²) in [7, 11) is -3.64. The monoisotopic (exact) mass is 405 g/mol. The van der Waals surface area contributed by atoms with Gasteiger partial charge in [0.1, 0.15) is 0 Å². The molecule has 2 atom stereocenters. The second kappa shape index (κ2) is 10.4. The number of amides is 2. The van der Waals surface area contributed by atoms with Gasteiger partial charge >= 0.3 is 0 Å². The molecular weight excluding hydrogens is 370 g/mol. The summed E-state index contributed by atoms with van der Waals surface area (Å²) in [5, 5.41) is 9.22. The molecule has 1 fully saturated rings. The van der Waals surface area contributed by atoms with Crippen molar-refractivity contribution in [3.63, 3.8) is 0 Å². The number of hydrazine groups is 1. The zero-order valence-corrected chi connectivity index (χ0v) is 17.9. The van der Waals surface area contributed by atoms with Crippen molar-refractivity contribution < 1.29 is 23.2 Å². The standard InChI is InChI=1S/C18H35N3O5S/c1-12(2)10-15(16(18(23)20-24)14-8-6-7-9-14)17(22)19-21(11-13(3)4)27(5,25)26/h12-16,24H,6-11H2,1-5H3,(H,19,22)(H,20,23)/t15-,16+/m1/s1. The Morgan fingerprint density at radius 1 is 1.07 bits per heavy atom. The lowest BCUT2D eigenvalue weighted by Gasteiger charge is -2.32. The van der Waals surface area contributed by atoms with Crippen LogP contribution in [0.15, 0.2) is 0 Å². The summed E-state index contributed by atoms with van der Waals surface area (Å²) in [5.41, 5.74) is 4.24. The third-order valence-corrected chi connectivity index (χ3v) is 6.02.